The Labute approximate surface area is 113 Å². The third-order valence-corrected chi connectivity index (χ3v) is 4.59. The summed E-state index contributed by atoms with van der Waals surface area (Å²) in [6, 6.07) is 0.0816. The van der Waals surface area contributed by atoms with Crippen LogP contribution in [0.25, 0.3) is 0 Å². The average molecular weight is 285 g/mol. The van der Waals surface area contributed by atoms with E-state index < -0.39 is 10.0 Å². The summed E-state index contributed by atoms with van der Waals surface area (Å²) in [5.74, 6) is 0.525. The van der Waals surface area contributed by atoms with Gasteiger partial charge in [0.15, 0.2) is 0 Å². The Morgan fingerprint density at radius 1 is 1.37 bits per heavy atom. The van der Waals surface area contributed by atoms with Crippen LogP contribution in [0.4, 0.5) is 5.95 Å². The Kier molecular flexibility index (Phi) is 4.65. The van der Waals surface area contributed by atoms with Gasteiger partial charge >= 0.3 is 0 Å². The van der Waals surface area contributed by atoms with Crippen molar-refractivity contribution in [3.63, 3.8) is 0 Å². The number of nitrogens with one attached hydrogen (secondary N) is 1. The number of anilines is 1. The second-order valence-corrected chi connectivity index (χ2v) is 6.64. The van der Waals surface area contributed by atoms with Crippen LogP contribution in [-0.2, 0) is 10.0 Å². The molecule has 1 aromatic rings. The molecule has 7 nitrogen and oxygen atoms in total. The quantitative estimate of drug-likeness (QED) is 0.847. The number of nitrogens with zero attached hydrogens (tertiary/aromatic N) is 4. The predicted molar refractivity (Wildman–Crippen MR) is 72.1 cm³/mol. The highest BCUT2D eigenvalue weighted by molar-refractivity contribution is 7.88. The molecule has 0 radical (unpaired) electrons. The first-order valence-electron chi connectivity index (χ1n) is 6.40. The first-order chi connectivity index (χ1) is 9.07. The van der Waals surface area contributed by atoms with Gasteiger partial charge in [-0.2, -0.15) is 4.31 Å². The van der Waals surface area contributed by atoms with E-state index in [1.807, 2.05) is 0 Å². The van der Waals surface area contributed by atoms with Crippen LogP contribution >= 0.6 is 0 Å². The van der Waals surface area contributed by atoms with Gasteiger partial charge in [-0.3, -0.25) is 0 Å². The molecule has 2 rings (SSSR count). The molecule has 1 N–H and O–H groups in total. The number of rotatable bonds is 5. The topological polar surface area (TPSA) is 88.1 Å². The Morgan fingerprint density at radius 3 is 2.79 bits per heavy atom. The van der Waals surface area contributed by atoms with Crippen molar-refractivity contribution in [2.45, 2.75) is 31.7 Å². The van der Waals surface area contributed by atoms with Crippen LogP contribution in [0.1, 0.15) is 25.7 Å². The van der Waals surface area contributed by atoms with Gasteiger partial charge in [0.2, 0.25) is 16.0 Å². The highest BCUT2D eigenvalue weighted by atomic mass is 32.2. The third-order valence-electron chi connectivity index (χ3n) is 3.25. The lowest BCUT2D eigenvalue weighted by molar-refractivity contribution is 0.246. The largest absolute Gasteiger partial charge is 0.354 e. The monoisotopic (exact) mass is 285 g/mol. The number of sulfonamides is 1. The van der Waals surface area contributed by atoms with Crippen molar-refractivity contribution in [3.05, 3.63) is 12.7 Å². The van der Waals surface area contributed by atoms with Gasteiger partial charge in [0.1, 0.15) is 12.7 Å². The Morgan fingerprint density at radius 2 is 2.11 bits per heavy atom. The lowest BCUT2D eigenvalue weighted by Gasteiger charge is -2.33. The fraction of sp³-hybridized carbons (Fsp3) is 0.727. The normalized spacial score (nSPS) is 21.2. The number of aromatic nitrogens is 3. The molecule has 0 unspecified atom stereocenters. The van der Waals surface area contributed by atoms with E-state index in [-0.39, 0.29) is 6.04 Å². The third kappa shape index (κ3) is 4.10. The van der Waals surface area contributed by atoms with Gasteiger partial charge in [-0.15, -0.1) is 0 Å². The summed E-state index contributed by atoms with van der Waals surface area (Å²) in [6.45, 7) is 1.29. The molecule has 1 saturated heterocycles. The average Bonchev–Trinajstić information content (AvgIpc) is 2.39. The van der Waals surface area contributed by atoms with Gasteiger partial charge in [-0.1, -0.05) is 6.42 Å². The van der Waals surface area contributed by atoms with Crippen molar-refractivity contribution in [3.8, 4) is 0 Å². The highest BCUT2D eigenvalue weighted by Gasteiger charge is 2.28. The van der Waals surface area contributed by atoms with Crippen molar-refractivity contribution in [1.29, 1.82) is 0 Å². The van der Waals surface area contributed by atoms with E-state index in [4.69, 9.17) is 0 Å². The zero-order valence-electron chi connectivity index (χ0n) is 11.0. The molecule has 1 aliphatic rings. The maximum absolute atomic E-state index is 11.7. The molecule has 0 aromatic carbocycles. The van der Waals surface area contributed by atoms with Crippen molar-refractivity contribution < 1.29 is 8.42 Å². The van der Waals surface area contributed by atoms with E-state index in [2.05, 4.69) is 20.3 Å². The van der Waals surface area contributed by atoms with Gasteiger partial charge in [0.25, 0.3) is 0 Å². The van der Waals surface area contributed by atoms with Crippen molar-refractivity contribution in [2.24, 2.45) is 0 Å². The molecule has 1 atom stereocenters. The molecule has 1 aromatic heterocycles. The Hall–Kier alpha value is -1.28. The Bertz CT molecular complexity index is 493. The van der Waals surface area contributed by atoms with Crippen LogP contribution in [0.15, 0.2) is 12.7 Å². The molecular formula is C11H19N5O2S. The van der Waals surface area contributed by atoms with Crippen molar-refractivity contribution in [2.75, 3.05) is 24.7 Å². The van der Waals surface area contributed by atoms with E-state index in [0.717, 1.165) is 25.7 Å². The van der Waals surface area contributed by atoms with E-state index in [0.29, 0.717) is 19.0 Å². The summed E-state index contributed by atoms with van der Waals surface area (Å²) in [7, 11) is -3.11. The summed E-state index contributed by atoms with van der Waals surface area (Å²) in [6.07, 6.45) is 7.86. The first-order valence-corrected chi connectivity index (χ1v) is 8.25. The molecule has 0 spiro atoms. The second kappa shape index (κ2) is 6.25. The summed E-state index contributed by atoms with van der Waals surface area (Å²) >= 11 is 0. The molecule has 0 bridgehead atoms. The van der Waals surface area contributed by atoms with Crippen LogP contribution in [0.5, 0.6) is 0 Å². The molecule has 19 heavy (non-hydrogen) atoms. The predicted octanol–water partition coefficient (Wildman–Crippen LogP) is 0.488. The lowest BCUT2D eigenvalue weighted by atomic mass is 10.0. The van der Waals surface area contributed by atoms with E-state index >= 15 is 0 Å². The summed E-state index contributed by atoms with van der Waals surface area (Å²) in [5, 5.41) is 3.08. The minimum Gasteiger partial charge on any atom is -0.354 e. The molecule has 8 heteroatoms. The Balaban J connectivity index is 1.87. The van der Waals surface area contributed by atoms with Crippen molar-refractivity contribution >= 4 is 16.0 Å². The van der Waals surface area contributed by atoms with Crippen LogP contribution < -0.4 is 5.32 Å². The molecular weight excluding hydrogens is 266 g/mol. The maximum atomic E-state index is 11.7. The number of hydrogen-bond acceptors (Lipinski definition) is 6. The van der Waals surface area contributed by atoms with Gasteiger partial charge in [0.05, 0.1) is 6.26 Å². The molecule has 0 amide bonds. The standard InChI is InChI=1S/C11H19N5O2S/c1-19(17,18)16-7-3-2-4-10(16)5-6-13-11-14-8-12-9-15-11/h8-10H,2-7H2,1H3,(H,12,13,14,15)/t10-/m0/s1. The molecule has 0 saturated carbocycles. The van der Waals surface area contributed by atoms with Crippen LogP contribution in [0, 0.1) is 0 Å². The van der Waals surface area contributed by atoms with E-state index in [1.165, 1.54) is 18.9 Å². The summed E-state index contributed by atoms with van der Waals surface area (Å²) in [5.41, 5.74) is 0. The summed E-state index contributed by atoms with van der Waals surface area (Å²) in [4.78, 5) is 11.7. The molecule has 1 aliphatic heterocycles. The summed E-state index contributed by atoms with van der Waals surface area (Å²) < 4.78 is 25.0. The van der Waals surface area contributed by atoms with Gasteiger partial charge < -0.3 is 5.32 Å². The lowest BCUT2D eigenvalue weighted by Crippen LogP contribution is -2.43. The maximum Gasteiger partial charge on any atom is 0.225 e. The fourth-order valence-electron chi connectivity index (χ4n) is 2.38. The molecule has 0 aliphatic carbocycles. The molecule has 106 valence electrons. The smallest absolute Gasteiger partial charge is 0.225 e. The van der Waals surface area contributed by atoms with Crippen LogP contribution in [0.3, 0.4) is 0 Å². The van der Waals surface area contributed by atoms with E-state index in [9.17, 15) is 8.42 Å². The SMILES string of the molecule is CS(=O)(=O)N1CCCC[C@H]1CCNc1ncncn1. The fourth-order valence-corrected chi connectivity index (χ4v) is 3.59. The van der Waals surface area contributed by atoms with Crippen LogP contribution in [-0.4, -0.2) is 53.1 Å². The second-order valence-electron chi connectivity index (χ2n) is 4.70. The van der Waals surface area contributed by atoms with Gasteiger partial charge in [-0.05, 0) is 19.3 Å². The zero-order chi connectivity index (χ0) is 13.7. The van der Waals surface area contributed by atoms with Crippen molar-refractivity contribution in [1.82, 2.24) is 19.3 Å². The highest BCUT2D eigenvalue weighted by Crippen LogP contribution is 2.22. The molecule has 2 heterocycles. The zero-order valence-corrected chi connectivity index (χ0v) is 11.8. The minimum atomic E-state index is -3.11. The van der Waals surface area contributed by atoms with Crippen LogP contribution in [0.2, 0.25) is 0 Å². The number of hydrogen-bond donors (Lipinski definition) is 1. The van der Waals surface area contributed by atoms with Gasteiger partial charge in [-0.25, -0.2) is 23.4 Å². The van der Waals surface area contributed by atoms with Gasteiger partial charge in [0, 0.05) is 19.1 Å². The number of piperidine rings is 1. The molecule has 1 fully saturated rings. The van der Waals surface area contributed by atoms with E-state index in [1.54, 1.807) is 4.31 Å². The minimum absolute atomic E-state index is 0.0816. The first kappa shape index (κ1) is 14.1.